The minimum Gasteiger partial charge on any atom is -0.382 e. The van der Waals surface area contributed by atoms with Crippen LogP contribution in [0.15, 0.2) is 30.3 Å². The minimum absolute atomic E-state index is 0.0838. The molecule has 3 unspecified atom stereocenters. The molecule has 0 bridgehead atoms. The van der Waals surface area contributed by atoms with Crippen LogP contribution in [0.3, 0.4) is 0 Å². The Morgan fingerprint density at radius 1 is 1.30 bits per heavy atom. The predicted molar refractivity (Wildman–Crippen MR) is 78.2 cm³/mol. The van der Waals surface area contributed by atoms with Crippen molar-refractivity contribution in [2.45, 2.75) is 19.1 Å². The van der Waals surface area contributed by atoms with E-state index in [4.69, 9.17) is 15.2 Å². The Bertz CT molecular complexity index is 397. The van der Waals surface area contributed by atoms with Crippen LogP contribution in [0, 0.1) is 5.92 Å². The number of nitrogens with one attached hydrogen (secondary N) is 1. The zero-order valence-corrected chi connectivity index (χ0v) is 12.3. The van der Waals surface area contributed by atoms with E-state index in [-0.39, 0.29) is 24.0 Å². The number of rotatable bonds is 8. The summed E-state index contributed by atoms with van der Waals surface area (Å²) in [5, 5.41) is 2.84. The summed E-state index contributed by atoms with van der Waals surface area (Å²) in [4.78, 5) is 12.1. The third-order valence-corrected chi connectivity index (χ3v) is 3.33. The van der Waals surface area contributed by atoms with Crippen molar-refractivity contribution < 1.29 is 14.3 Å². The number of nitrogens with two attached hydrogens (primary N) is 1. The van der Waals surface area contributed by atoms with E-state index >= 15 is 0 Å². The lowest BCUT2D eigenvalue weighted by Crippen LogP contribution is -2.41. The maximum Gasteiger partial charge on any atom is 0.224 e. The largest absolute Gasteiger partial charge is 0.382 e. The molecular weight excluding hydrogens is 256 g/mol. The maximum atomic E-state index is 12.1. The standard InChI is InChI=1S/C15H24N2O3/c1-11(14(16)12-7-5-4-6-8-12)15(18)17-9-13(20-3)10-19-2/h4-8,11,13-14H,9-10,16H2,1-3H3,(H,17,18). The van der Waals surface area contributed by atoms with E-state index in [1.807, 2.05) is 37.3 Å². The highest BCUT2D eigenvalue weighted by atomic mass is 16.5. The smallest absolute Gasteiger partial charge is 0.224 e. The quantitative estimate of drug-likeness (QED) is 0.748. The summed E-state index contributed by atoms with van der Waals surface area (Å²) in [7, 11) is 3.19. The molecule has 0 spiro atoms. The second-order valence-electron chi connectivity index (χ2n) is 4.78. The number of hydrogen-bond acceptors (Lipinski definition) is 4. The lowest BCUT2D eigenvalue weighted by atomic mass is 9.94. The zero-order valence-electron chi connectivity index (χ0n) is 12.3. The van der Waals surface area contributed by atoms with Gasteiger partial charge in [-0.15, -0.1) is 0 Å². The fourth-order valence-electron chi connectivity index (χ4n) is 1.90. The van der Waals surface area contributed by atoms with Gasteiger partial charge in [0.2, 0.25) is 5.91 Å². The molecule has 0 fully saturated rings. The average molecular weight is 280 g/mol. The molecule has 0 heterocycles. The van der Waals surface area contributed by atoms with Crippen LogP contribution in [0.4, 0.5) is 0 Å². The van der Waals surface area contributed by atoms with Gasteiger partial charge in [0.25, 0.3) is 0 Å². The highest BCUT2D eigenvalue weighted by Gasteiger charge is 2.22. The first kappa shape index (κ1) is 16.6. The molecule has 0 aliphatic carbocycles. The topological polar surface area (TPSA) is 73.6 Å². The van der Waals surface area contributed by atoms with Crippen LogP contribution in [-0.2, 0) is 14.3 Å². The van der Waals surface area contributed by atoms with Gasteiger partial charge in [-0.1, -0.05) is 37.3 Å². The van der Waals surface area contributed by atoms with Crippen molar-refractivity contribution in [2.75, 3.05) is 27.4 Å². The van der Waals surface area contributed by atoms with Gasteiger partial charge in [0.15, 0.2) is 0 Å². The van der Waals surface area contributed by atoms with Gasteiger partial charge in [-0.25, -0.2) is 0 Å². The SMILES string of the molecule is COCC(CNC(=O)C(C)C(N)c1ccccc1)OC. The average Bonchev–Trinajstić information content (AvgIpc) is 2.50. The van der Waals surface area contributed by atoms with Gasteiger partial charge >= 0.3 is 0 Å². The monoisotopic (exact) mass is 280 g/mol. The summed E-state index contributed by atoms with van der Waals surface area (Å²) in [6.45, 7) is 2.68. The van der Waals surface area contributed by atoms with Crippen molar-refractivity contribution in [1.29, 1.82) is 0 Å². The molecular formula is C15H24N2O3. The lowest BCUT2D eigenvalue weighted by Gasteiger charge is -2.21. The highest BCUT2D eigenvalue weighted by molar-refractivity contribution is 5.79. The van der Waals surface area contributed by atoms with Crippen molar-refractivity contribution in [2.24, 2.45) is 11.7 Å². The van der Waals surface area contributed by atoms with Crippen LogP contribution in [0.5, 0.6) is 0 Å². The van der Waals surface area contributed by atoms with Crippen molar-refractivity contribution in [3.63, 3.8) is 0 Å². The lowest BCUT2D eigenvalue weighted by molar-refractivity contribution is -0.125. The van der Waals surface area contributed by atoms with E-state index in [1.165, 1.54) is 0 Å². The Labute approximate surface area is 120 Å². The first-order valence-electron chi connectivity index (χ1n) is 6.70. The van der Waals surface area contributed by atoms with Gasteiger partial charge in [-0.2, -0.15) is 0 Å². The summed E-state index contributed by atoms with van der Waals surface area (Å²) >= 11 is 0. The fourth-order valence-corrected chi connectivity index (χ4v) is 1.90. The van der Waals surface area contributed by atoms with Crippen LogP contribution in [0.1, 0.15) is 18.5 Å². The fraction of sp³-hybridized carbons (Fsp3) is 0.533. The van der Waals surface area contributed by atoms with Crippen molar-refractivity contribution >= 4 is 5.91 Å². The van der Waals surface area contributed by atoms with Crippen molar-refractivity contribution in [3.05, 3.63) is 35.9 Å². The summed E-state index contributed by atoms with van der Waals surface area (Å²) in [6, 6.07) is 9.29. The first-order valence-corrected chi connectivity index (χ1v) is 6.70. The summed E-state index contributed by atoms with van der Waals surface area (Å²) in [5.74, 6) is -0.392. The van der Waals surface area contributed by atoms with Crippen LogP contribution < -0.4 is 11.1 Å². The van der Waals surface area contributed by atoms with E-state index in [0.29, 0.717) is 13.2 Å². The molecule has 3 atom stereocenters. The molecule has 5 heteroatoms. The Hall–Kier alpha value is -1.43. The number of carbonyl (C=O) groups is 1. The molecule has 20 heavy (non-hydrogen) atoms. The van der Waals surface area contributed by atoms with Gasteiger partial charge in [0.1, 0.15) is 0 Å². The third kappa shape index (κ3) is 4.92. The zero-order chi connectivity index (χ0) is 15.0. The van der Waals surface area contributed by atoms with Crippen LogP contribution in [0.2, 0.25) is 0 Å². The first-order chi connectivity index (χ1) is 9.60. The van der Waals surface area contributed by atoms with Crippen molar-refractivity contribution in [3.8, 4) is 0 Å². The van der Waals surface area contributed by atoms with Gasteiger partial charge in [-0.3, -0.25) is 4.79 Å². The summed E-state index contributed by atoms with van der Waals surface area (Å²) in [6.07, 6.45) is -0.149. The molecule has 112 valence electrons. The molecule has 1 amide bonds. The number of carbonyl (C=O) groups excluding carboxylic acids is 1. The molecule has 1 aromatic rings. The van der Waals surface area contributed by atoms with Crippen molar-refractivity contribution in [1.82, 2.24) is 5.32 Å². The molecule has 3 N–H and O–H groups in total. The molecule has 1 aromatic carbocycles. The van der Waals surface area contributed by atoms with E-state index in [9.17, 15) is 4.79 Å². The molecule has 0 radical (unpaired) electrons. The van der Waals surface area contributed by atoms with Gasteiger partial charge in [0, 0.05) is 26.8 Å². The number of methoxy groups -OCH3 is 2. The van der Waals surface area contributed by atoms with E-state index < -0.39 is 0 Å². The molecule has 0 saturated heterocycles. The van der Waals surface area contributed by atoms with Gasteiger partial charge < -0.3 is 20.5 Å². The molecule has 0 aliphatic heterocycles. The van der Waals surface area contributed by atoms with E-state index in [1.54, 1.807) is 14.2 Å². The van der Waals surface area contributed by atoms with Gasteiger partial charge in [0.05, 0.1) is 18.6 Å². The summed E-state index contributed by atoms with van der Waals surface area (Å²) in [5.41, 5.74) is 7.07. The Kier molecular flexibility index (Phi) is 7.22. The molecule has 5 nitrogen and oxygen atoms in total. The van der Waals surface area contributed by atoms with E-state index in [2.05, 4.69) is 5.32 Å². The molecule has 0 aliphatic rings. The number of hydrogen-bond donors (Lipinski definition) is 2. The Morgan fingerprint density at radius 2 is 1.95 bits per heavy atom. The molecule has 0 saturated carbocycles. The van der Waals surface area contributed by atoms with Gasteiger partial charge in [-0.05, 0) is 5.56 Å². The summed E-state index contributed by atoms with van der Waals surface area (Å²) < 4.78 is 10.2. The minimum atomic E-state index is -0.320. The number of amides is 1. The predicted octanol–water partition coefficient (Wildman–Crippen LogP) is 1.10. The third-order valence-electron chi connectivity index (χ3n) is 3.33. The highest BCUT2D eigenvalue weighted by Crippen LogP contribution is 2.18. The Balaban J connectivity index is 2.50. The van der Waals surface area contributed by atoms with Crippen LogP contribution >= 0.6 is 0 Å². The number of benzene rings is 1. The molecule has 1 rings (SSSR count). The normalized spacial score (nSPS) is 15.4. The van der Waals surface area contributed by atoms with Crippen LogP contribution in [-0.4, -0.2) is 39.4 Å². The molecule has 0 aromatic heterocycles. The van der Waals surface area contributed by atoms with E-state index in [0.717, 1.165) is 5.56 Å². The Morgan fingerprint density at radius 3 is 2.50 bits per heavy atom. The van der Waals surface area contributed by atoms with Crippen LogP contribution in [0.25, 0.3) is 0 Å². The number of ether oxygens (including phenoxy) is 2. The second kappa shape index (κ2) is 8.68. The maximum absolute atomic E-state index is 12.1. The second-order valence-corrected chi connectivity index (χ2v) is 4.78.